The lowest BCUT2D eigenvalue weighted by atomic mass is 10.0. The Morgan fingerprint density at radius 1 is 0.615 bits per heavy atom. The van der Waals surface area contributed by atoms with Crippen molar-refractivity contribution in [2.45, 2.75) is 134 Å². The van der Waals surface area contributed by atoms with Crippen LogP contribution in [-0.2, 0) is 10.1 Å². The van der Waals surface area contributed by atoms with E-state index in [2.05, 4.69) is 6.92 Å². The summed E-state index contributed by atoms with van der Waals surface area (Å²) in [6.45, 7) is 4.26. The number of aliphatic hydroxyl groups excluding tert-OH is 1. The molecule has 0 amide bonds. The second-order valence-corrected chi connectivity index (χ2v) is 9.53. The third kappa shape index (κ3) is 16.1. The molecule has 0 aromatic heterocycles. The number of hydrogen-bond donors (Lipinski definition) is 2. The van der Waals surface area contributed by atoms with Gasteiger partial charge in [-0.05, 0) is 25.7 Å². The van der Waals surface area contributed by atoms with Crippen LogP contribution in [0.5, 0.6) is 0 Å². The Balaban J connectivity index is 3.59. The number of rotatable bonds is 19. The van der Waals surface area contributed by atoms with E-state index >= 15 is 0 Å². The highest BCUT2D eigenvalue weighted by molar-refractivity contribution is 7.86. The summed E-state index contributed by atoms with van der Waals surface area (Å²) >= 11 is 0. The lowest BCUT2D eigenvalue weighted by molar-refractivity contribution is 0.147. The molecule has 0 rings (SSSR count). The summed E-state index contributed by atoms with van der Waals surface area (Å²) < 4.78 is 32.0. The first-order chi connectivity index (χ1) is 12.4. The van der Waals surface area contributed by atoms with Gasteiger partial charge in [-0.15, -0.1) is 0 Å². The van der Waals surface area contributed by atoms with Crippen LogP contribution in [0.25, 0.3) is 0 Å². The van der Waals surface area contributed by atoms with Gasteiger partial charge in [0.25, 0.3) is 10.1 Å². The molecule has 0 aliphatic rings. The molecule has 0 fully saturated rings. The molecule has 0 aliphatic heterocycles. The molecular weight excluding hydrogens is 348 g/mol. The zero-order valence-electron chi connectivity index (χ0n) is 17.3. The molecule has 2 atom stereocenters. The highest BCUT2D eigenvalue weighted by Crippen LogP contribution is 2.18. The van der Waals surface area contributed by atoms with Crippen molar-refractivity contribution < 1.29 is 18.1 Å². The van der Waals surface area contributed by atoms with Crippen molar-refractivity contribution in [2.75, 3.05) is 0 Å². The van der Waals surface area contributed by atoms with Gasteiger partial charge < -0.3 is 5.11 Å². The van der Waals surface area contributed by atoms with Crippen LogP contribution in [0.4, 0.5) is 0 Å². The van der Waals surface area contributed by atoms with Gasteiger partial charge in [0.2, 0.25) is 0 Å². The Morgan fingerprint density at radius 2 is 1.00 bits per heavy atom. The van der Waals surface area contributed by atoms with Crippen LogP contribution in [0.3, 0.4) is 0 Å². The van der Waals surface area contributed by atoms with Crippen LogP contribution < -0.4 is 0 Å². The molecule has 0 aliphatic carbocycles. The molecule has 26 heavy (non-hydrogen) atoms. The molecule has 158 valence electrons. The van der Waals surface area contributed by atoms with Gasteiger partial charge >= 0.3 is 0 Å². The van der Waals surface area contributed by atoms with Crippen molar-refractivity contribution in [3.8, 4) is 0 Å². The van der Waals surface area contributed by atoms with Crippen LogP contribution in [-0.4, -0.2) is 29.4 Å². The van der Waals surface area contributed by atoms with Crippen molar-refractivity contribution in [1.82, 2.24) is 0 Å². The molecule has 0 aromatic carbocycles. The van der Waals surface area contributed by atoms with Gasteiger partial charge in [-0.2, -0.15) is 8.42 Å². The highest BCUT2D eigenvalue weighted by atomic mass is 32.2. The van der Waals surface area contributed by atoms with Crippen molar-refractivity contribution in [2.24, 2.45) is 0 Å². The zero-order chi connectivity index (χ0) is 19.7. The van der Waals surface area contributed by atoms with E-state index in [0.717, 1.165) is 44.9 Å². The maximum Gasteiger partial charge on any atom is 0.267 e. The van der Waals surface area contributed by atoms with Gasteiger partial charge in [-0.25, -0.2) is 0 Å². The Labute approximate surface area is 162 Å². The second kappa shape index (κ2) is 17.0. The number of hydrogen-bond acceptors (Lipinski definition) is 3. The van der Waals surface area contributed by atoms with Crippen LogP contribution in [0.15, 0.2) is 0 Å². The second-order valence-electron chi connectivity index (χ2n) is 7.83. The predicted octanol–water partition coefficient (Wildman–Crippen LogP) is 6.28. The van der Waals surface area contributed by atoms with E-state index < -0.39 is 15.4 Å². The van der Waals surface area contributed by atoms with Crippen molar-refractivity contribution in [3.05, 3.63) is 0 Å². The molecule has 0 radical (unpaired) electrons. The van der Waals surface area contributed by atoms with E-state index in [0.29, 0.717) is 12.8 Å². The minimum absolute atomic E-state index is 0.264. The van der Waals surface area contributed by atoms with E-state index in [1.54, 1.807) is 0 Å². The number of aliphatic hydroxyl groups is 1. The lowest BCUT2D eigenvalue weighted by Gasteiger charge is -2.14. The summed E-state index contributed by atoms with van der Waals surface area (Å²) in [5.74, 6) is 0. The Bertz CT molecular complexity index is 395. The third-order valence-corrected chi connectivity index (χ3v) is 6.57. The van der Waals surface area contributed by atoms with Gasteiger partial charge in [0.05, 0.1) is 11.4 Å². The minimum atomic E-state index is -3.93. The lowest BCUT2D eigenvalue weighted by Crippen LogP contribution is -2.20. The van der Waals surface area contributed by atoms with Gasteiger partial charge in [0.1, 0.15) is 0 Å². The first kappa shape index (κ1) is 25.9. The molecule has 4 nitrogen and oxygen atoms in total. The summed E-state index contributed by atoms with van der Waals surface area (Å²) in [7, 11) is -3.93. The molecule has 0 spiro atoms. The van der Waals surface area contributed by atoms with Crippen molar-refractivity contribution in [3.63, 3.8) is 0 Å². The molecule has 0 heterocycles. The molecule has 0 saturated heterocycles. The van der Waals surface area contributed by atoms with E-state index in [1.807, 2.05) is 6.92 Å². The SMILES string of the molecule is CCCCCCCCCCCC(O)CCCCC(CCCC)S(=O)(=O)O. The molecule has 5 heteroatoms. The van der Waals surface area contributed by atoms with Crippen LogP contribution in [0, 0.1) is 0 Å². The number of unbranched alkanes of at least 4 members (excludes halogenated alkanes) is 10. The highest BCUT2D eigenvalue weighted by Gasteiger charge is 2.21. The first-order valence-corrected chi connectivity index (χ1v) is 12.6. The fraction of sp³-hybridized carbons (Fsp3) is 1.00. The fourth-order valence-electron chi connectivity index (χ4n) is 3.46. The fourth-order valence-corrected chi connectivity index (χ4v) is 4.39. The van der Waals surface area contributed by atoms with E-state index in [9.17, 15) is 18.1 Å². The zero-order valence-corrected chi connectivity index (χ0v) is 18.1. The average Bonchev–Trinajstić information content (AvgIpc) is 2.58. The van der Waals surface area contributed by atoms with Gasteiger partial charge in [-0.1, -0.05) is 97.3 Å². The van der Waals surface area contributed by atoms with Gasteiger partial charge in [0, 0.05) is 0 Å². The van der Waals surface area contributed by atoms with Crippen LogP contribution >= 0.6 is 0 Å². The van der Waals surface area contributed by atoms with E-state index in [1.165, 1.54) is 51.4 Å². The van der Waals surface area contributed by atoms with Crippen molar-refractivity contribution in [1.29, 1.82) is 0 Å². The van der Waals surface area contributed by atoms with Crippen LogP contribution in [0.2, 0.25) is 0 Å². The van der Waals surface area contributed by atoms with Gasteiger partial charge in [0.15, 0.2) is 0 Å². The average molecular weight is 393 g/mol. The monoisotopic (exact) mass is 392 g/mol. The normalized spacial score (nSPS) is 14.5. The summed E-state index contributed by atoms with van der Waals surface area (Å²) in [4.78, 5) is 0. The molecule has 0 bridgehead atoms. The maximum atomic E-state index is 11.4. The third-order valence-electron chi connectivity index (χ3n) is 5.26. The molecule has 0 saturated carbocycles. The standard InChI is InChI=1S/C21H44O4S/c1-3-5-7-8-9-10-11-12-13-16-20(22)17-14-15-19-21(18-6-4-2)26(23,24)25/h20-22H,3-19H2,1-2H3,(H,23,24,25). The Hall–Kier alpha value is -0.130. The minimum Gasteiger partial charge on any atom is -0.393 e. The summed E-state index contributed by atoms with van der Waals surface area (Å²) in [6, 6.07) is 0. The predicted molar refractivity (Wildman–Crippen MR) is 111 cm³/mol. The molecule has 2 N–H and O–H groups in total. The van der Waals surface area contributed by atoms with E-state index in [4.69, 9.17) is 0 Å². The Kier molecular flexibility index (Phi) is 16.9. The summed E-state index contributed by atoms with van der Waals surface area (Å²) in [6.07, 6.45) is 17.3. The summed E-state index contributed by atoms with van der Waals surface area (Å²) in [5, 5.41) is 9.42. The first-order valence-electron chi connectivity index (χ1n) is 11.1. The van der Waals surface area contributed by atoms with Crippen LogP contribution in [0.1, 0.15) is 123 Å². The summed E-state index contributed by atoms with van der Waals surface area (Å²) in [5.41, 5.74) is 0. The van der Waals surface area contributed by atoms with Gasteiger partial charge in [-0.3, -0.25) is 4.55 Å². The van der Waals surface area contributed by atoms with E-state index in [-0.39, 0.29) is 6.10 Å². The quantitative estimate of drug-likeness (QED) is 0.200. The largest absolute Gasteiger partial charge is 0.393 e. The Morgan fingerprint density at radius 3 is 1.50 bits per heavy atom. The molecular formula is C21H44O4S. The molecule has 2 unspecified atom stereocenters. The molecule has 0 aromatic rings. The maximum absolute atomic E-state index is 11.4. The topological polar surface area (TPSA) is 74.6 Å². The smallest absolute Gasteiger partial charge is 0.267 e. The van der Waals surface area contributed by atoms with Crippen molar-refractivity contribution >= 4 is 10.1 Å².